The van der Waals surface area contributed by atoms with Crippen molar-refractivity contribution in [3.63, 3.8) is 0 Å². The lowest BCUT2D eigenvalue weighted by molar-refractivity contribution is -0.385. The number of hydrogen-bond acceptors (Lipinski definition) is 5. The van der Waals surface area contributed by atoms with Crippen molar-refractivity contribution in [2.45, 2.75) is 18.9 Å². The third-order valence-corrected chi connectivity index (χ3v) is 3.09. The highest BCUT2D eigenvalue weighted by molar-refractivity contribution is 5.98. The summed E-state index contributed by atoms with van der Waals surface area (Å²) in [6, 6.07) is 3.85. The first-order chi connectivity index (χ1) is 8.93. The minimum Gasteiger partial charge on any atom is -0.502 e. The van der Waals surface area contributed by atoms with Gasteiger partial charge in [-0.1, -0.05) is 6.07 Å². The van der Waals surface area contributed by atoms with Gasteiger partial charge in [0, 0.05) is 12.7 Å². The van der Waals surface area contributed by atoms with E-state index < -0.39 is 27.8 Å². The monoisotopic (exact) mass is 266 g/mol. The minimum atomic E-state index is -0.730. The molecule has 0 saturated carbocycles. The van der Waals surface area contributed by atoms with Crippen LogP contribution in [0.4, 0.5) is 5.69 Å². The first-order valence-electron chi connectivity index (χ1n) is 5.79. The number of phenols is 1. The molecule has 1 aliphatic heterocycles. The second kappa shape index (κ2) is 4.85. The van der Waals surface area contributed by atoms with E-state index in [0.717, 1.165) is 6.07 Å². The van der Waals surface area contributed by atoms with Gasteiger partial charge in [0.15, 0.2) is 0 Å². The summed E-state index contributed by atoms with van der Waals surface area (Å²) in [6.07, 6.45) is 0.661. The Hall–Kier alpha value is -2.15. The first-order valence-corrected chi connectivity index (χ1v) is 5.79. The minimum absolute atomic E-state index is 0.109. The van der Waals surface area contributed by atoms with Crippen LogP contribution >= 0.6 is 0 Å². The number of nitrogens with zero attached hydrogens (tertiary/aromatic N) is 1. The van der Waals surface area contributed by atoms with Crippen molar-refractivity contribution < 1.29 is 19.6 Å². The van der Waals surface area contributed by atoms with E-state index in [2.05, 4.69) is 5.32 Å². The van der Waals surface area contributed by atoms with Gasteiger partial charge < -0.3 is 15.2 Å². The Morgan fingerprint density at radius 3 is 2.89 bits per heavy atom. The molecule has 1 unspecified atom stereocenters. The zero-order valence-corrected chi connectivity index (χ0v) is 10.4. The topological polar surface area (TPSA) is 102 Å². The number of amides is 1. The quantitative estimate of drug-likeness (QED) is 0.632. The molecule has 2 rings (SSSR count). The molecule has 7 heteroatoms. The third-order valence-electron chi connectivity index (χ3n) is 3.09. The van der Waals surface area contributed by atoms with Crippen molar-refractivity contribution in [2.75, 3.05) is 13.2 Å². The highest BCUT2D eigenvalue weighted by Gasteiger charge is 2.33. The summed E-state index contributed by atoms with van der Waals surface area (Å²) in [4.78, 5) is 22.0. The number of carbonyl (C=O) groups excluding carboxylic acids is 1. The maximum atomic E-state index is 12.1. The summed E-state index contributed by atoms with van der Waals surface area (Å²) in [5.41, 5.74) is -1.10. The fourth-order valence-corrected chi connectivity index (χ4v) is 1.97. The molecule has 1 fully saturated rings. The van der Waals surface area contributed by atoms with Crippen LogP contribution in [-0.4, -0.2) is 34.7 Å². The number of phenolic OH excluding ortho intramolecular Hbond substituents is 1. The van der Waals surface area contributed by atoms with E-state index in [-0.39, 0.29) is 5.56 Å². The van der Waals surface area contributed by atoms with Gasteiger partial charge in [0.25, 0.3) is 5.91 Å². The van der Waals surface area contributed by atoms with Gasteiger partial charge in [-0.15, -0.1) is 0 Å². The summed E-state index contributed by atoms with van der Waals surface area (Å²) in [6.45, 7) is 2.76. The van der Waals surface area contributed by atoms with Gasteiger partial charge >= 0.3 is 5.69 Å². The van der Waals surface area contributed by atoms with E-state index in [1.165, 1.54) is 12.1 Å². The number of carbonyl (C=O) groups is 1. The predicted octanol–water partition coefficient (Wildman–Crippen LogP) is 1.21. The van der Waals surface area contributed by atoms with Crippen LogP contribution in [0.25, 0.3) is 0 Å². The lowest BCUT2D eigenvalue weighted by Gasteiger charge is -2.23. The molecule has 0 radical (unpaired) electrons. The highest BCUT2D eigenvalue weighted by Crippen LogP contribution is 2.30. The molecule has 0 bridgehead atoms. The Bertz CT molecular complexity index is 523. The lowest BCUT2D eigenvalue weighted by Crippen LogP contribution is -2.46. The van der Waals surface area contributed by atoms with E-state index in [1.807, 2.05) is 6.92 Å². The van der Waals surface area contributed by atoms with Gasteiger partial charge in [-0.2, -0.15) is 0 Å². The zero-order valence-electron chi connectivity index (χ0n) is 10.4. The van der Waals surface area contributed by atoms with E-state index in [1.54, 1.807) is 0 Å². The molecule has 2 N–H and O–H groups in total. The molecule has 1 saturated heterocycles. The van der Waals surface area contributed by atoms with Crippen LogP contribution in [0, 0.1) is 10.1 Å². The number of benzene rings is 1. The van der Waals surface area contributed by atoms with E-state index >= 15 is 0 Å². The van der Waals surface area contributed by atoms with Gasteiger partial charge in [0.2, 0.25) is 5.75 Å². The molecule has 0 spiro atoms. The molecule has 102 valence electrons. The summed E-state index contributed by atoms with van der Waals surface area (Å²) >= 11 is 0. The maximum absolute atomic E-state index is 12.1. The molecule has 1 heterocycles. The molecule has 1 atom stereocenters. The van der Waals surface area contributed by atoms with Crippen molar-refractivity contribution in [2.24, 2.45) is 0 Å². The molecule has 1 aromatic carbocycles. The number of para-hydroxylation sites is 1. The van der Waals surface area contributed by atoms with E-state index in [9.17, 15) is 20.0 Å². The number of nitro groups is 1. The smallest absolute Gasteiger partial charge is 0.311 e. The average Bonchev–Trinajstić information content (AvgIpc) is 2.75. The molecule has 0 aromatic heterocycles. The van der Waals surface area contributed by atoms with Crippen molar-refractivity contribution in [3.8, 4) is 5.75 Å². The van der Waals surface area contributed by atoms with Crippen LogP contribution in [0.1, 0.15) is 23.7 Å². The molecule has 19 heavy (non-hydrogen) atoms. The van der Waals surface area contributed by atoms with E-state index in [4.69, 9.17) is 4.74 Å². The summed E-state index contributed by atoms with van der Waals surface area (Å²) in [7, 11) is 0. The Kier molecular flexibility index (Phi) is 3.39. The van der Waals surface area contributed by atoms with Crippen LogP contribution in [-0.2, 0) is 4.74 Å². The standard InChI is InChI=1S/C12H14N2O5/c1-12(5-6-19-7-12)13-11(16)8-3-2-4-9(10(8)15)14(17)18/h2-4,15H,5-7H2,1H3,(H,13,16). The van der Waals surface area contributed by atoms with E-state index in [0.29, 0.717) is 19.6 Å². The van der Waals surface area contributed by atoms with Gasteiger partial charge in [-0.05, 0) is 19.4 Å². The van der Waals surface area contributed by atoms with Crippen molar-refractivity contribution in [1.82, 2.24) is 5.32 Å². The lowest BCUT2D eigenvalue weighted by atomic mass is 10.0. The number of nitro benzene ring substituents is 1. The normalized spacial score (nSPS) is 22.2. The van der Waals surface area contributed by atoms with Gasteiger partial charge in [-0.25, -0.2) is 0 Å². The second-order valence-electron chi connectivity index (χ2n) is 4.75. The number of nitrogens with one attached hydrogen (secondary N) is 1. The largest absolute Gasteiger partial charge is 0.502 e. The zero-order chi connectivity index (χ0) is 14.0. The maximum Gasteiger partial charge on any atom is 0.311 e. The number of aromatic hydroxyl groups is 1. The highest BCUT2D eigenvalue weighted by atomic mass is 16.6. The molecule has 1 aliphatic rings. The Morgan fingerprint density at radius 1 is 1.58 bits per heavy atom. The summed E-state index contributed by atoms with van der Waals surface area (Å²) < 4.78 is 5.20. The molecule has 0 aliphatic carbocycles. The Labute approximate surface area is 109 Å². The van der Waals surface area contributed by atoms with Gasteiger partial charge in [-0.3, -0.25) is 14.9 Å². The van der Waals surface area contributed by atoms with Crippen molar-refractivity contribution >= 4 is 11.6 Å². The molecule has 1 aromatic rings. The van der Waals surface area contributed by atoms with Crippen molar-refractivity contribution in [3.05, 3.63) is 33.9 Å². The third kappa shape index (κ3) is 2.65. The molecule has 1 amide bonds. The predicted molar refractivity (Wildman–Crippen MR) is 66.1 cm³/mol. The number of ether oxygens (including phenoxy) is 1. The first kappa shape index (κ1) is 13.3. The summed E-state index contributed by atoms with van der Waals surface area (Å²) in [5, 5.41) is 23.2. The van der Waals surface area contributed by atoms with Crippen LogP contribution in [0.2, 0.25) is 0 Å². The Morgan fingerprint density at radius 2 is 2.32 bits per heavy atom. The van der Waals surface area contributed by atoms with Crippen molar-refractivity contribution in [1.29, 1.82) is 0 Å². The van der Waals surface area contributed by atoms with Gasteiger partial charge in [0.1, 0.15) is 0 Å². The fourth-order valence-electron chi connectivity index (χ4n) is 1.97. The van der Waals surface area contributed by atoms with Crippen LogP contribution < -0.4 is 5.32 Å². The Balaban J connectivity index is 2.24. The van der Waals surface area contributed by atoms with Crippen LogP contribution in [0.3, 0.4) is 0 Å². The number of hydrogen-bond donors (Lipinski definition) is 2. The molecular weight excluding hydrogens is 252 g/mol. The SMILES string of the molecule is CC1(NC(=O)c2cccc([N+](=O)[O-])c2O)CCOC1. The molecule has 7 nitrogen and oxygen atoms in total. The summed E-state index contributed by atoms with van der Waals surface area (Å²) in [5.74, 6) is -1.17. The average molecular weight is 266 g/mol. The van der Waals surface area contributed by atoms with Crippen LogP contribution in [0.5, 0.6) is 5.75 Å². The van der Waals surface area contributed by atoms with Gasteiger partial charge in [0.05, 0.1) is 22.6 Å². The number of rotatable bonds is 3. The molecular formula is C12H14N2O5. The second-order valence-corrected chi connectivity index (χ2v) is 4.75. The fraction of sp³-hybridized carbons (Fsp3) is 0.417. The van der Waals surface area contributed by atoms with Crippen LogP contribution in [0.15, 0.2) is 18.2 Å².